The Morgan fingerprint density at radius 2 is 1.78 bits per heavy atom. The molecule has 0 aliphatic carbocycles. The number of hydrogen-bond acceptors (Lipinski definition) is 1. The normalized spacial score (nSPS) is 10.4. The van der Waals surface area contributed by atoms with Crippen LogP contribution in [-0.2, 0) is 0 Å². The van der Waals surface area contributed by atoms with E-state index in [9.17, 15) is 0 Å². The number of fused-ring (bicyclic) bond motifs is 1. The predicted octanol–water partition coefficient (Wildman–Crippen LogP) is 3.40. The van der Waals surface area contributed by atoms with Crippen LogP contribution in [0.1, 0.15) is 5.69 Å². The summed E-state index contributed by atoms with van der Waals surface area (Å²) in [5, 5.41) is 0.997. The molecule has 2 nitrogen and oxygen atoms in total. The molecule has 2 heteroatoms. The van der Waals surface area contributed by atoms with E-state index in [-0.39, 0.29) is 0 Å². The summed E-state index contributed by atoms with van der Waals surface area (Å²) in [6, 6.07) is 15.8. The molecule has 1 aromatic heterocycles. The Kier molecular flexibility index (Phi) is 2.32. The number of nitrogen functional groups attached to an aromatic ring is 1. The number of aromatic amines is 1. The highest BCUT2D eigenvalue weighted by Crippen LogP contribution is 2.35. The van der Waals surface area contributed by atoms with E-state index in [1.807, 2.05) is 48.5 Å². The fourth-order valence-corrected chi connectivity index (χ4v) is 2.28. The molecule has 0 saturated carbocycles. The third-order valence-electron chi connectivity index (χ3n) is 3.06. The molecule has 0 fully saturated rings. The Hall–Kier alpha value is -2.66. The summed E-state index contributed by atoms with van der Waals surface area (Å²) in [6.45, 7) is 0. The van der Waals surface area contributed by atoms with E-state index in [4.69, 9.17) is 12.2 Å². The van der Waals surface area contributed by atoms with Gasteiger partial charge in [0.25, 0.3) is 0 Å². The van der Waals surface area contributed by atoms with Gasteiger partial charge in [0.15, 0.2) is 0 Å². The number of benzene rings is 2. The maximum atomic E-state index is 6.07. The molecule has 0 aliphatic heterocycles. The highest BCUT2D eigenvalue weighted by molar-refractivity contribution is 6.05. The standard InChI is InChI=1S/C16H12N2/c1-2-13-15(11-7-4-3-5-8-11)16-12(17)9-6-10-14(16)18-13/h1,3-10,18H,17H2. The van der Waals surface area contributed by atoms with Gasteiger partial charge >= 0.3 is 0 Å². The van der Waals surface area contributed by atoms with Crippen LogP contribution in [0.5, 0.6) is 0 Å². The first kappa shape index (κ1) is 10.5. The van der Waals surface area contributed by atoms with Crippen LogP contribution in [0.2, 0.25) is 0 Å². The molecule has 0 bridgehead atoms. The number of nitrogens with one attached hydrogen (secondary N) is 1. The second-order valence-corrected chi connectivity index (χ2v) is 4.16. The molecule has 3 rings (SSSR count). The lowest BCUT2D eigenvalue weighted by atomic mass is 10.0. The van der Waals surface area contributed by atoms with Crippen molar-refractivity contribution in [2.45, 2.75) is 0 Å². The van der Waals surface area contributed by atoms with Gasteiger partial charge in [0, 0.05) is 22.2 Å². The van der Waals surface area contributed by atoms with Crippen LogP contribution in [-0.4, -0.2) is 4.98 Å². The van der Waals surface area contributed by atoms with Crippen molar-refractivity contribution in [3.05, 3.63) is 54.2 Å². The summed E-state index contributed by atoms with van der Waals surface area (Å²) >= 11 is 0. The van der Waals surface area contributed by atoms with Crippen molar-refractivity contribution in [3.8, 4) is 23.5 Å². The Bertz CT molecular complexity index is 746. The number of rotatable bonds is 1. The van der Waals surface area contributed by atoms with E-state index in [1.165, 1.54) is 0 Å². The molecule has 3 N–H and O–H groups in total. The number of H-pyrrole nitrogens is 1. The fraction of sp³-hybridized carbons (Fsp3) is 0. The van der Waals surface area contributed by atoms with Gasteiger partial charge in [-0.3, -0.25) is 0 Å². The van der Waals surface area contributed by atoms with Crippen molar-refractivity contribution in [2.24, 2.45) is 0 Å². The monoisotopic (exact) mass is 232 g/mol. The highest BCUT2D eigenvalue weighted by Gasteiger charge is 2.13. The van der Waals surface area contributed by atoms with Gasteiger partial charge in [-0.25, -0.2) is 0 Å². The molecule has 0 atom stereocenters. The molecule has 18 heavy (non-hydrogen) atoms. The van der Waals surface area contributed by atoms with Crippen LogP contribution in [0.25, 0.3) is 22.0 Å². The largest absolute Gasteiger partial charge is 0.398 e. The van der Waals surface area contributed by atoms with E-state index in [0.29, 0.717) is 0 Å². The maximum Gasteiger partial charge on any atom is 0.0981 e. The Morgan fingerprint density at radius 1 is 1.00 bits per heavy atom. The number of aromatic nitrogens is 1. The number of nitrogens with two attached hydrogens (primary N) is 1. The smallest absolute Gasteiger partial charge is 0.0981 e. The number of hydrogen-bond donors (Lipinski definition) is 2. The van der Waals surface area contributed by atoms with E-state index in [0.717, 1.165) is 33.4 Å². The maximum absolute atomic E-state index is 6.07. The minimum absolute atomic E-state index is 0.740. The van der Waals surface area contributed by atoms with Crippen LogP contribution in [0.3, 0.4) is 0 Å². The van der Waals surface area contributed by atoms with Crippen molar-refractivity contribution in [1.29, 1.82) is 0 Å². The fourth-order valence-electron chi connectivity index (χ4n) is 2.28. The first-order valence-corrected chi connectivity index (χ1v) is 5.73. The summed E-state index contributed by atoms with van der Waals surface area (Å²) in [4.78, 5) is 3.24. The second-order valence-electron chi connectivity index (χ2n) is 4.16. The lowest BCUT2D eigenvalue weighted by Crippen LogP contribution is -1.86. The lowest BCUT2D eigenvalue weighted by Gasteiger charge is -2.03. The first-order valence-electron chi connectivity index (χ1n) is 5.73. The average Bonchev–Trinajstić information content (AvgIpc) is 2.79. The molecule has 1 heterocycles. The first-order chi connectivity index (χ1) is 8.81. The third kappa shape index (κ3) is 1.46. The molecule has 0 unspecified atom stereocenters. The molecule has 0 radical (unpaired) electrons. The van der Waals surface area contributed by atoms with Crippen molar-refractivity contribution in [3.63, 3.8) is 0 Å². The SMILES string of the molecule is C#Cc1[nH]c2cccc(N)c2c1-c1ccccc1. The summed E-state index contributed by atoms with van der Waals surface area (Å²) in [5.41, 5.74) is 10.6. The molecular weight excluding hydrogens is 220 g/mol. The Morgan fingerprint density at radius 3 is 2.50 bits per heavy atom. The van der Waals surface area contributed by atoms with Gasteiger partial charge in [-0.2, -0.15) is 0 Å². The van der Waals surface area contributed by atoms with Gasteiger partial charge in [0.05, 0.1) is 5.69 Å². The molecule has 0 saturated heterocycles. The zero-order valence-electron chi connectivity index (χ0n) is 9.77. The van der Waals surface area contributed by atoms with Crippen molar-refractivity contribution in [1.82, 2.24) is 4.98 Å². The second kappa shape index (κ2) is 3.97. The van der Waals surface area contributed by atoms with Gasteiger partial charge in [-0.05, 0) is 17.7 Å². The minimum atomic E-state index is 0.740. The van der Waals surface area contributed by atoms with Crippen LogP contribution < -0.4 is 5.73 Å². The molecule has 0 amide bonds. The van der Waals surface area contributed by atoms with Crippen LogP contribution in [0, 0.1) is 12.3 Å². The van der Waals surface area contributed by atoms with Crippen LogP contribution in [0.4, 0.5) is 5.69 Å². The molecule has 2 aromatic carbocycles. The predicted molar refractivity (Wildman–Crippen MR) is 76.1 cm³/mol. The van der Waals surface area contributed by atoms with Gasteiger partial charge in [0.1, 0.15) is 0 Å². The van der Waals surface area contributed by atoms with E-state index in [1.54, 1.807) is 0 Å². The van der Waals surface area contributed by atoms with Crippen molar-refractivity contribution in [2.75, 3.05) is 5.73 Å². The lowest BCUT2D eigenvalue weighted by molar-refractivity contribution is 1.42. The number of anilines is 1. The third-order valence-corrected chi connectivity index (χ3v) is 3.06. The summed E-state index contributed by atoms with van der Waals surface area (Å²) in [5.74, 6) is 2.70. The Balaban J connectivity index is 2.44. The van der Waals surface area contributed by atoms with Crippen molar-refractivity contribution >= 4 is 16.6 Å². The topological polar surface area (TPSA) is 41.8 Å². The quantitative estimate of drug-likeness (QED) is 0.490. The summed E-state index contributed by atoms with van der Waals surface area (Å²) < 4.78 is 0. The van der Waals surface area contributed by atoms with E-state index in [2.05, 4.69) is 10.9 Å². The highest BCUT2D eigenvalue weighted by atomic mass is 14.7. The molecule has 0 aliphatic rings. The van der Waals surface area contributed by atoms with Crippen LogP contribution in [0.15, 0.2) is 48.5 Å². The van der Waals surface area contributed by atoms with Gasteiger partial charge in [-0.1, -0.05) is 42.3 Å². The van der Waals surface area contributed by atoms with E-state index >= 15 is 0 Å². The summed E-state index contributed by atoms with van der Waals surface area (Å²) in [6.07, 6.45) is 5.58. The van der Waals surface area contributed by atoms with E-state index < -0.39 is 0 Å². The molecular formula is C16H12N2. The number of terminal acetylenes is 1. The molecule has 86 valence electrons. The Labute approximate surface area is 105 Å². The summed E-state index contributed by atoms with van der Waals surface area (Å²) in [7, 11) is 0. The van der Waals surface area contributed by atoms with Crippen LogP contribution >= 0.6 is 0 Å². The molecule has 3 aromatic rings. The minimum Gasteiger partial charge on any atom is -0.398 e. The zero-order valence-corrected chi connectivity index (χ0v) is 9.77. The van der Waals surface area contributed by atoms with Crippen molar-refractivity contribution < 1.29 is 0 Å². The van der Waals surface area contributed by atoms with Gasteiger partial charge in [0.2, 0.25) is 0 Å². The van der Waals surface area contributed by atoms with Gasteiger partial charge in [-0.15, -0.1) is 6.42 Å². The average molecular weight is 232 g/mol. The molecule has 0 spiro atoms. The van der Waals surface area contributed by atoms with Gasteiger partial charge < -0.3 is 10.7 Å². The zero-order chi connectivity index (χ0) is 12.5.